The van der Waals surface area contributed by atoms with E-state index in [0.29, 0.717) is 43.8 Å². The van der Waals surface area contributed by atoms with Crippen LogP contribution in [0.25, 0.3) is 0 Å². The fourth-order valence-corrected chi connectivity index (χ4v) is 3.11. The molecule has 2 unspecified atom stereocenters. The third kappa shape index (κ3) is 6.13. The van der Waals surface area contributed by atoms with Gasteiger partial charge in [0, 0.05) is 38.2 Å². The Labute approximate surface area is 187 Å². The van der Waals surface area contributed by atoms with Gasteiger partial charge in [0.25, 0.3) is 0 Å². The van der Waals surface area contributed by atoms with Crippen LogP contribution < -0.4 is 16.0 Å². The van der Waals surface area contributed by atoms with Crippen molar-refractivity contribution in [1.82, 2.24) is 20.8 Å². The van der Waals surface area contributed by atoms with Gasteiger partial charge in [-0.2, -0.15) is 4.98 Å². The lowest BCUT2D eigenvalue weighted by Crippen LogP contribution is -2.40. The van der Waals surface area contributed by atoms with E-state index in [-0.39, 0.29) is 41.9 Å². The molecular formula is C19H27IN6O3. The molecule has 158 valence electrons. The summed E-state index contributed by atoms with van der Waals surface area (Å²) in [5, 5.41) is 13.3. The zero-order valence-electron chi connectivity index (χ0n) is 16.8. The Morgan fingerprint density at radius 3 is 2.97 bits per heavy atom. The molecule has 9 nitrogen and oxygen atoms in total. The fourth-order valence-electron chi connectivity index (χ4n) is 3.11. The Balaban J connectivity index is 0.00000300. The Morgan fingerprint density at radius 2 is 2.21 bits per heavy atom. The number of carbonyl (C=O) groups excluding carboxylic acids is 1. The maximum absolute atomic E-state index is 11.9. The average Bonchev–Trinajstić information content (AvgIpc) is 3.17. The van der Waals surface area contributed by atoms with Gasteiger partial charge < -0.3 is 25.2 Å². The van der Waals surface area contributed by atoms with Crippen molar-refractivity contribution in [2.75, 3.05) is 25.5 Å². The first-order chi connectivity index (χ1) is 13.6. The van der Waals surface area contributed by atoms with Crippen molar-refractivity contribution >= 4 is 41.5 Å². The summed E-state index contributed by atoms with van der Waals surface area (Å²) in [6.45, 7) is 5.31. The minimum absolute atomic E-state index is 0. The van der Waals surface area contributed by atoms with Gasteiger partial charge in [-0.05, 0) is 25.5 Å². The lowest BCUT2D eigenvalue weighted by molar-refractivity contribution is -0.116. The van der Waals surface area contributed by atoms with Crippen molar-refractivity contribution in [3.05, 3.63) is 41.5 Å². The molecule has 2 aromatic rings. The smallest absolute Gasteiger partial charge is 0.246 e. The normalized spacial score (nSPS) is 17.0. The molecule has 29 heavy (non-hydrogen) atoms. The van der Waals surface area contributed by atoms with E-state index in [2.05, 4.69) is 31.1 Å². The van der Waals surface area contributed by atoms with Gasteiger partial charge in [-0.3, -0.25) is 9.79 Å². The molecule has 1 aliphatic heterocycles. The minimum Gasteiger partial charge on any atom is -0.371 e. The number of ether oxygens (including phenoxy) is 1. The second kappa shape index (κ2) is 11.1. The number of para-hydroxylation sites is 1. The number of nitrogens with zero attached hydrogens (tertiary/aromatic N) is 3. The maximum Gasteiger partial charge on any atom is 0.246 e. The number of hydrogen-bond donors (Lipinski definition) is 3. The first-order valence-corrected chi connectivity index (χ1v) is 9.38. The molecule has 0 saturated heterocycles. The largest absolute Gasteiger partial charge is 0.371 e. The second-order valence-corrected chi connectivity index (χ2v) is 6.49. The van der Waals surface area contributed by atoms with E-state index >= 15 is 0 Å². The molecule has 2 atom stereocenters. The number of fused-ring (bicyclic) bond motifs is 1. The first-order valence-electron chi connectivity index (χ1n) is 9.38. The van der Waals surface area contributed by atoms with Crippen LogP contribution >= 0.6 is 24.0 Å². The van der Waals surface area contributed by atoms with E-state index in [1.807, 2.05) is 38.1 Å². The van der Waals surface area contributed by atoms with Gasteiger partial charge in [0.15, 0.2) is 11.8 Å². The predicted octanol–water partition coefficient (Wildman–Crippen LogP) is 2.58. The van der Waals surface area contributed by atoms with E-state index in [0.717, 1.165) is 11.3 Å². The van der Waals surface area contributed by atoms with Crippen LogP contribution in [0.2, 0.25) is 0 Å². The quantitative estimate of drug-likeness (QED) is 0.296. The topological polar surface area (TPSA) is 114 Å². The van der Waals surface area contributed by atoms with Crippen LogP contribution in [0.5, 0.6) is 0 Å². The molecule has 1 aromatic heterocycles. The number of rotatable bonds is 7. The fraction of sp³-hybridized carbons (Fsp3) is 0.474. The summed E-state index contributed by atoms with van der Waals surface area (Å²) in [7, 11) is 1.69. The number of carbonyl (C=O) groups is 1. The molecule has 1 aromatic carbocycles. The van der Waals surface area contributed by atoms with Crippen LogP contribution in [0, 0.1) is 0 Å². The first kappa shape index (κ1) is 23.1. The Kier molecular flexibility index (Phi) is 8.83. The molecule has 0 saturated carbocycles. The highest BCUT2D eigenvalue weighted by Gasteiger charge is 2.24. The predicted molar refractivity (Wildman–Crippen MR) is 120 cm³/mol. The van der Waals surface area contributed by atoms with Crippen molar-refractivity contribution < 1.29 is 14.1 Å². The number of nitrogens with one attached hydrogen (secondary N) is 3. The SMILES string of the molecule is CCOC(C)c1noc(CNC(=NC)NCC2CC(=O)Nc3ccccc32)n1.I. The lowest BCUT2D eigenvalue weighted by Gasteiger charge is -2.26. The van der Waals surface area contributed by atoms with Crippen LogP contribution in [0.3, 0.4) is 0 Å². The average molecular weight is 514 g/mol. The summed E-state index contributed by atoms with van der Waals surface area (Å²) in [6, 6.07) is 7.85. The van der Waals surface area contributed by atoms with Crippen molar-refractivity contribution in [1.29, 1.82) is 0 Å². The summed E-state index contributed by atoms with van der Waals surface area (Å²) in [5.41, 5.74) is 1.99. The van der Waals surface area contributed by atoms with Gasteiger partial charge in [0.2, 0.25) is 11.8 Å². The monoisotopic (exact) mass is 514 g/mol. The molecule has 1 amide bonds. The summed E-state index contributed by atoms with van der Waals surface area (Å²) < 4.78 is 10.7. The van der Waals surface area contributed by atoms with E-state index in [1.165, 1.54) is 0 Å². The van der Waals surface area contributed by atoms with Crippen LogP contribution in [0.1, 0.15) is 49.6 Å². The van der Waals surface area contributed by atoms with Crippen molar-refractivity contribution in [2.24, 2.45) is 4.99 Å². The highest BCUT2D eigenvalue weighted by molar-refractivity contribution is 14.0. The minimum atomic E-state index is -0.211. The molecule has 3 rings (SSSR count). The highest BCUT2D eigenvalue weighted by atomic mass is 127. The molecule has 1 aliphatic rings. The number of amides is 1. The van der Waals surface area contributed by atoms with Gasteiger partial charge in [0.05, 0.1) is 6.54 Å². The molecule has 0 fully saturated rings. The van der Waals surface area contributed by atoms with Crippen molar-refractivity contribution in [3.63, 3.8) is 0 Å². The summed E-state index contributed by atoms with van der Waals surface area (Å²) >= 11 is 0. The zero-order chi connectivity index (χ0) is 19.9. The van der Waals surface area contributed by atoms with E-state index in [9.17, 15) is 4.79 Å². The lowest BCUT2D eigenvalue weighted by atomic mass is 9.90. The zero-order valence-corrected chi connectivity index (χ0v) is 19.1. The number of aliphatic imine (C=N–C) groups is 1. The summed E-state index contributed by atoms with van der Waals surface area (Å²) in [6.07, 6.45) is 0.223. The van der Waals surface area contributed by atoms with Crippen molar-refractivity contribution in [2.45, 2.75) is 38.8 Å². The van der Waals surface area contributed by atoms with Gasteiger partial charge in [-0.1, -0.05) is 23.4 Å². The van der Waals surface area contributed by atoms with Crippen LogP contribution in [-0.2, 0) is 16.1 Å². The third-order valence-electron chi connectivity index (χ3n) is 4.52. The molecule has 3 N–H and O–H groups in total. The molecule has 0 aliphatic carbocycles. The van der Waals surface area contributed by atoms with Crippen LogP contribution in [0.4, 0.5) is 5.69 Å². The van der Waals surface area contributed by atoms with Crippen LogP contribution in [0.15, 0.2) is 33.8 Å². The number of guanidine groups is 1. The Bertz CT molecular complexity index is 841. The summed E-state index contributed by atoms with van der Waals surface area (Å²) in [5.74, 6) is 1.67. The molecule has 0 radical (unpaired) electrons. The number of benzene rings is 1. The third-order valence-corrected chi connectivity index (χ3v) is 4.52. The number of aromatic nitrogens is 2. The van der Waals surface area contributed by atoms with Gasteiger partial charge in [0.1, 0.15) is 6.10 Å². The maximum atomic E-state index is 11.9. The highest BCUT2D eigenvalue weighted by Crippen LogP contribution is 2.31. The van der Waals surface area contributed by atoms with Crippen molar-refractivity contribution in [3.8, 4) is 0 Å². The van der Waals surface area contributed by atoms with E-state index < -0.39 is 0 Å². The van der Waals surface area contributed by atoms with E-state index in [1.54, 1.807) is 7.05 Å². The Morgan fingerprint density at radius 1 is 1.41 bits per heavy atom. The van der Waals surface area contributed by atoms with Gasteiger partial charge >= 0.3 is 0 Å². The number of hydrogen-bond acceptors (Lipinski definition) is 6. The van der Waals surface area contributed by atoms with Gasteiger partial charge in [-0.15, -0.1) is 24.0 Å². The summed E-state index contributed by atoms with van der Waals surface area (Å²) in [4.78, 5) is 20.5. The second-order valence-electron chi connectivity index (χ2n) is 6.49. The molecule has 10 heteroatoms. The van der Waals surface area contributed by atoms with E-state index in [4.69, 9.17) is 9.26 Å². The van der Waals surface area contributed by atoms with Crippen LogP contribution in [-0.4, -0.2) is 42.2 Å². The molecule has 0 bridgehead atoms. The number of anilines is 1. The standard InChI is InChI=1S/C19H26N6O3.HI/c1-4-27-12(2)18-24-17(28-25-18)11-22-19(20-3)21-10-13-9-16(26)23-15-8-6-5-7-14(13)15;/h5-8,12-13H,4,9-11H2,1-3H3,(H,23,26)(H2,20,21,22);1H. The molecular weight excluding hydrogens is 487 g/mol. The molecule has 2 heterocycles. The Hall–Kier alpha value is -2.21. The molecule has 0 spiro atoms. The number of halogens is 1. The van der Waals surface area contributed by atoms with Gasteiger partial charge in [-0.25, -0.2) is 0 Å².